The summed E-state index contributed by atoms with van der Waals surface area (Å²) in [4.78, 5) is 16.9. The van der Waals surface area contributed by atoms with Gasteiger partial charge < -0.3 is 29.8 Å². The fourth-order valence-electron chi connectivity index (χ4n) is 4.21. The average molecular weight is 650 g/mol. The van der Waals surface area contributed by atoms with Crippen LogP contribution < -0.4 is 30.0 Å². The van der Waals surface area contributed by atoms with Crippen LogP contribution in [0.25, 0.3) is 11.1 Å². The van der Waals surface area contributed by atoms with Gasteiger partial charge in [-0.05, 0) is 48.9 Å². The van der Waals surface area contributed by atoms with Crippen molar-refractivity contribution in [3.05, 3.63) is 59.4 Å². The molecule has 2 aromatic carbocycles. The Labute approximate surface area is 263 Å². The van der Waals surface area contributed by atoms with Crippen molar-refractivity contribution in [2.45, 2.75) is 23.3 Å². The molecule has 0 aliphatic carbocycles. The predicted molar refractivity (Wildman–Crippen MR) is 166 cm³/mol. The van der Waals surface area contributed by atoms with E-state index in [1.807, 2.05) is 6.07 Å². The summed E-state index contributed by atoms with van der Waals surface area (Å²) >= 11 is 1.12. The highest BCUT2D eigenvalue weighted by molar-refractivity contribution is 7.99. The minimum atomic E-state index is -3.91. The van der Waals surface area contributed by atoms with Gasteiger partial charge in [-0.1, -0.05) is 5.16 Å². The van der Waals surface area contributed by atoms with Crippen molar-refractivity contribution < 1.29 is 31.9 Å². The maximum Gasteiger partial charge on any atom is 0.263 e. The van der Waals surface area contributed by atoms with Crippen LogP contribution in [0.15, 0.2) is 56.9 Å². The Morgan fingerprint density at radius 2 is 1.67 bits per heavy atom. The number of rotatable bonds is 12. The van der Waals surface area contributed by atoms with Crippen molar-refractivity contribution in [3.63, 3.8) is 0 Å². The maximum absolute atomic E-state index is 12.7. The summed E-state index contributed by atoms with van der Waals surface area (Å²) < 4.78 is 48.6. The second-order valence-corrected chi connectivity index (χ2v) is 11.9. The summed E-state index contributed by atoms with van der Waals surface area (Å²) in [6.45, 7) is 1.63. The number of nitrogen functional groups attached to an aromatic ring is 1. The lowest BCUT2D eigenvalue weighted by Crippen LogP contribution is -2.14. The van der Waals surface area contributed by atoms with E-state index >= 15 is 0 Å². The van der Waals surface area contributed by atoms with E-state index in [1.54, 1.807) is 19.1 Å². The van der Waals surface area contributed by atoms with Crippen LogP contribution in [-0.4, -0.2) is 51.5 Å². The molecule has 0 aliphatic rings. The van der Waals surface area contributed by atoms with Crippen LogP contribution in [0.3, 0.4) is 0 Å². The molecule has 1 amide bonds. The molecule has 0 atom stereocenters. The van der Waals surface area contributed by atoms with E-state index in [0.717, 1.165) is 11.8 Å². The topological polar surface area (TPSA) is 215 Å². The molecule has 0 saturated heterocycles. The summed E-state index contributed by atoms with van der Waals surface area (Å²) in [6, 6.07) is 14.4. The van der Waals surface area contributed by atoms with Crippen molar-refractivity contribution in [2.24, 2.45) is 0 Å². The first-order valence-corrected chi connectivity index (χ1v) is 15.4. The molecule has 0 radical (unpaired) electrons. The van der Waals surface area contributed by atoms with E-state index in [-0.39, 0.29) is 56.3 Å². The number of methoxy groups -OCH3 is 3. The summed E-state index contributed by atoms with van der Waals surface area (Å²) in [5, 5.41) is 26.5. The minimum absolute atomic E-state index is 0.000260. The number of carbonyl (C=O) groups excluding carboxylic acids is 1. The zero-order valence-corrected chi connectivity index (χ0v) is 26.1. The van der Waals surface area contributed by atoms with Crippen molar-refractivity contribution in [3.8, 4) is 40.5 Å². The number of hydrogen-bond acceptors (Lipinski definition) is 13. The van der Waals surface area contributed by atoms with Crippen LogP contribution in [-0.2, 0) is 14.8 Å². The molecular weight excluding hydrogens is 622 g/mol. The number of ether oxygens (including phenoxy) is 3. The maximum atomic E-state index is 12.7. The van der Waals surface area contributed by atoms with Gasteiger partial charge in [0.25, 0.3) is 10.0 Å². The molecule has 0 spiro atoms. The van der Waals surface area contributed by atoms with Gasteiger partial charge in [0.15, 0.2) is 17.3 Å². The summed E-state index contributed by atoms with van der Waals surface area (Å²) in [5.41, 5.74) is 7.26. The zero-order valence-electron chi connectivity index (χ0n) is 24.5. The van der Waals surface area contributed by atoms with E-state index in [2.05, 4.69) is 26.2 Å². The number of nitrogens with one attached hydrogen (secondary N) is 2. The number of sulfonamides is 1. The van der Waals surface area contributed by atoms with E-state index in [9.17, 15) is 23.7 Å². The first-order chi connectivity index (χ1) is 21.5. The van der Waals surface area contributed by atoms with Crippen molar-refractivity contribution in [1.29, 1.82) is 10.5 Å². The predicted octanol–water partition coefficient (Wildman–Crippen LogP) is 4.32. The number of aryl methyl sites for hydroxylation is 1. The SMILES string of the molecule is COc1cc(-c2c(C#N)c(N)nc(SCCC(=O)Nc3ccc(S(=O)(=O)Nc4cc(C)on4)cc3)c2C#N)cc(OC)c1OC. The molecule has 16 heteroatoms. The van der Waals surface area contributed by atoms with Crippen LogP contribution in [0.1, 0.15) is 23.3 Å². The van der Waals surface area contributed by atoms with Crippen LogP contribution in [0.2, 0.25) is 0 Å². The number of nitriles is 2. The normalized spacial score (nSPS) is 10.8. The van der Waals surface area contributed by atoms with Crippen LogP contribution >= 0.6 is 11.8 Å². The Hall–Kier alpha value is -5.45. The number of benzene rings is 2. The van der Waals surface area contributed by atoms with Gasteiger partial charge in [0.1, 0.15) is 34.3 Å². The minimum Gasteiger partial charge on any atom is -0.493 e. The Bertz CT molecular complexity index is 1900. The lowest BCUT2D eigenvalue weighted by molar-refractivity contribution is -0.115. The number of carbonyl (C=O) groups is 1. The first kappa shape index (κ1) is 32.5. The highest BCUT2D eigenvalue weighted by atomic mass is 32.2. The summed E-state index contributed by atoms with van der Waals surface area (Å²) in [5.74, 6) is 1.22. The Morgan fingerprint density at radius 3 is 2.20 bits per heavy atom. The molecule has 0 bridgehead atoms. The van der Waals surface area contributed by atoms with Gasteiger partial charge in [0.05, 0.1) is 31.8 Å². The second-order valence-electron chi connectivity index (χ2n) is 9.16. The van der Waals surface area contributed by atoms with E-state index in [1.165, 1.54) is 51.7 Å². The summed E-state index contributed by atoms with van der Waals surface area (Å²) in [7, 11) is 0.430. The molecule has 45 heavy (non-hydrogen) atoms. The van der Waals surface area contributed by atoms with E-state index in [4.69, 9.17) is 24.5 Å². The fraction of sp³-hybridized carbons (Fsp3) is 0.207. The highest BCUT2D eigenvalue weighted by Gasteiger charge is 2.24. The number of pyridine rings is 1. The Morgan fingerprint density at radius 1 is 1.02 bits per heavy atom. The molecular formula is C29H27N7O7S2. The quantitative estimate of drug-likeness (QED) is 0.183. The van der Waals surface area contributed by atoms with Crippen molar-refractivity contribution in [2.75, 3.05) is 42.9 Å². The monoisotopic (exact) mass is 649 g/mol. The third-order valence-corrected chi connectivity index (χ3v) is 8.60. The number of aromatic nitrogens is 2. The fourth-order valence-corrected chi connectivity index (χ4v) is 6.13. The number of thioether (sulfide) groups is 1. The number of nitrogens with two attached hydrogens (primary N) is 1. The Balaban J connectivity index is 1.49. The largest absolute Gasteiger partial charge is 0.493 e. The molecule has 2 aromatic heterocycles. The average Bonchev–Trinajstić information content (AvgIpc) is 3.43. The van der Waals surface area contributed by atoms with Crippen LogP contribution in [0, 0.1) is 29.6 Å². The zero-order chi connectivity index (χ0) is 32.7. The molecule has 4 N–H and O–H groups in total. The number of anilines is 3. The van der Waals surface area contributed by atoms with Gasteiger partial charge in [-0.25, -0.2) is 13.4 Å². The number of nitrogens with zero attached hydrogens (tertiary/aromatic N) is 4. The molecule has 0 aliphatic heterocycles. The lowest BCUT2D eigenvalue weighted by Gasteiger charge is -2.17. The van der Waals surface area contributed by atoms with E-state index < -0.39 is 10.0 Å². The standard InChI is InChI=1S/C29H27N7O7S2/c1-16-11-24(35-43-16)36-45(38,39)19-7-5-18(6-8-19)33-25(37)9-10-44-29-21(15-31)26(20(14-30)28(32)34-29)17-12-22(40-2)27(42-4)23(13-17)41-3/h5-8,11-13H,9-10H2,1-4H3,(H2,32,34)(H,33,37)(H,35,36). The van der Waals surface area contributed by atoms with Gasteiger partial charge in [-0.15, -0.1) is 11.8 Å². The molecule has 4 aromatic rings. The molecule has 0 fully saturated rings. The number of amides is 1. The third-order valence-electron chi connectivity index (χ3n) is 6.25. The summed E-state index contributed by atoms with van der Waals surface area (Å²) in [6.07, 6.45) is 0.0176. The van der Waals surface area contributed by atoms with Gasteiger partial charge >= 0.3 is 0 Å². The Kier molecular flexibility index (Phi) is 10.0. The molecule has 0 unspecified atom stereocenters. The van der Waals surface area contributed by atoms with Gasteiger partial charge in [0, 0.05) is 29.5 Å². The van der Waals surface area contributed by atoms with Crippen molar-refractivity contribution >= 4 is 45.0 Å². The van der Waals surface area contributed by atoms with Gasteiger partial charge in [-0.2, -0.15) is 10.5 Å². The molecule has 4 rings (SSSR count). The first-order valence-electron chi connectivity index (χ1n) is 13.0. The highest BCUT2D eigenvalue weighted by Crippen LogP contribution is 2.44. The second kappa shape index (κ2) is 13.9. The van der Waals surface area contributed by atoms with Gasteiger partial charge in [-0.3, -0.25) is 9.52 Å². The van der Waals surface area contributed by atoms with Crippen LogP contribution in [0.5, 0.6) is 17.2 Å². The van der Waals surface area contributed by atoms with E-state index in [0.29, 0.717) is 34.3 Å². The molecule has 0 saturated carbocycles. The van der Waals surface area contributed by atoms with Crippen molar-refractivity contribution in [1.82, 2.24) is 10.1 Å². The van der Waals surface area contributed by atoms with Crippen LogP contribution in [0.4, 0.5) is 17.3 Å². The molecule has 2 heterocycles. The van der Waals surface area contributed by atoms with Gasteiger partial charge in [0.2, 0.25) is 11.7 Å². The molecule has 14 nitrogen and oxygen atoms in total. The number of hydrogen-bond donors (Lipinski definition) is 3. The lowest BCUT2D eigenvalue weighted by atomic mass is 9.96. The third kappa shape index (κ3) is 7.20. The smallest absolute Gasteiger partial charge is 0.263 e. The molecule has 232 valence electrons.